The van der Waals surface area contributed by atoms with E-state index in [0.717, 1.165) is 11.3 Å². The maximum atomic E-state index is 6.46. The molecule has 0 bridgehead atoms. The Balaban J connectivity index is 2.21. The Kier molecular flexibility index (Phi) is 6.52. The summed E-state index contributed by atoms with van der Waals surface area (Å²) in [6.07, 6.45) is 1.64. The van der Waals surface area contributed by atoms with Gasteiger partial charge < -0.3 is 14.0 Å². The highest BCUT2D eigenvalue weighted by Crippen LogP contribution is 2.35. The molecule has 0 saturated heterocycles. The second-order valence-corrected chi connectivity index (χ2v) is 6.41. The van der Waals surface area contributed by atoms with Gasteiger partial charge in [0.25, 0.3) is 0 Å². The van der Waals surface area contributed by atoms with Crippen molar-refractivity contribution < 1.29 is 14.0 Å². The average molecular weight is 353 g/mol. The van der Waals surface area contributed by atoms with Crippen molar-refractivity contribution in [2.24, 2.45) is 0 Å². The van der Waals surface area contributed by atoms with Gasteiger partial charge in [0, 0.05) is 23.7 Å². The number of nitrogens with zero attached hydrogens (tertiary/aromatic N) is 2. The minimum Gasteiger partial charge on any atom is -0.490 e. The van der Waals surface area contributed by atoms with Gasteiger partial charge in [-0.05, 0) is 46.4 Å². The van der Waals surface area contributed by atoms with Crippen molar-refractivity contribution in [2.75, 3.05) is 13.7 Å². The smallest absolute Gasteiger partial charge is 0.163 e. The molecular formula is C18H25ClN2O3. The van der Waals surface area contributed by atoms with E-state index in [2.05, 4.69) is 17.0 Å². The van der Waals surface area contributed by atoms with E-state index >= 15 is 0 Å². The molecule has 0 amide bonds. The Hall–Kier alpha value is -1.72. The first-order valence-electron chi connectivity index (χ1n) is 8.14. The van der Waals surface area contributed by atoms with Gasteiger partial charge >= 0.3 is 0 Å². The summed E-state index contributed by atoms with van der Waals surface area (Å²) in [5, 5.41) is 4.66. The van der Waals surface area contributed by atoms with Gasteiger partial charge in [0.15, 0.2) is 11.5 Å². The van der Waals surface area contributed by atoms with E-state index in [9.17, 15) is 0 Å². The number of rotatable bonds is 8. The van der Waals surface area contributed by atoms with Crippen LogP contribution in [0, 0.1) is 0 Å². The summed E-state index contributed by atoms with van der Waals surface area (Å²) < 4.78 is 16.4. The second-order valence-electron chi connectivity index (χ2n) is 6.01. The van der Waals surface area contributed by atoms with Gasteiger partial charge in [-0.25, -0.2) is 0 Å². The number of hydrogen-bond donors (Lipinski definition) is 0. The number of benzene rings is 1. The molecule has 0 radical (unpaired) electrons. The molecular weight excluding hydrogens is 328 g/mol. The summed E-state index contributed by atoms with van der Waals surface area (Å²) in [6.45, 7) is 9.21. The van der Waals surface area contributed by atoms with Crippen molar-refractivity contribution >= 4 is 11.6 Å². The zero-order valence-electron chi connectivity index (χ0n) is 14.9. The Bertz CT molecular complexity index is 644. The first kappa shape index (κ1) is 18.6. The molecule has 2 aromatic rings. The monoisotopic (exact) mass is 352 g/mol. The summed E-state index contributed by atoms with van der Waals surface area (Å²) in [6, 6.07) is 5.77. The van der Waals surface area contributed by atoms with E-state index in [-0.39, 0.29) is 12.1 Å². The van der Waals surface area contributed by atoms with Crippen LogP contribution in [0.3, 0.4) is 0 Å². The molecule has 0 spiro atoms. The molecule has 0 aliphatic carbocycles. The van der Waals surface area contributed by atoms with Gasteiger partial charge in [-0.3, -0.25) is 4.90 Å². The molecule has 0 aliphatic heterocycles. The fourth-order valence-corrected chi connectivity index (χ4v) is 2.59. The van der Waals surface area contributed by atoms with Gasteiger partial charge in [-0.2, -0.15) is 0 Å². The van der Waals surface area contributed by atoms with Gasteiger partial charge in [0.1, 0.15) is 12.0 Å². The van der Waals surface area contributed by atoms with Crippen LogP contribution in [0.5, 0.6) is 11.5 Å². The zero-order chi connectivity index (χ0) is 17.7. The molecule has 1 aromatic heterocycles. The van der Waals surface area contributed by atoms with Crippen molar-refractivity contribution in [3.63, 3.8) is 0 Å². The number of aromatic nitrogens is 1. The first-order valence-corrected chi connectivity index (χ1v) is 8.52. The zero-order valence-corrected chi connectivity index (χ0v) is 15.6. The Labute approximate surface area is 148 Å². The number of hydrogen-bond acceptors (Lipinski definition) is 5. The minimum absolute atomic E-state index is 0.0565. The maximum Gasteiger partial charge on any atom is 0.163 e. The molecule has 5 nitrogen and oxygen atoms in total. The van der Waals surface area contributed by atoms with E-state index in [1.165, 1.54) is 0 Å². The van der Waals surface area contributed by atoms with Crippen molar-refractivity contribution in [3.8, 4) is 11.5 Å². The van der Waals surface area contributed by atoms with E-state index in [1.807, 2.05) is 46.0 Å². The third-order valence-corrected chi connectivity index (χ3v) is 4.09. The van der Waals surface area contributed by atoms with Crippen LogP contribution in [0.2, 0.25) is 5.02 Å². The molecule has 0 saturated carbocycles. The predicted molar refractivity (Wildman–Crippen MR) is 94.8 cm³/mol. The van der Waals surface area contributed by atoms with Crippen LogP contribution >= 0.6 is 11.6 Å². The molecule has 1 heterocycles. The molecule has 24 heavy (non-hydrogen) atoms. The Morgan fingerprint density at radius 2 is 2.00 bits per heavy atom. The third-order valence-electron chi connectivity index (χ3n) is 3.74. The quantitative estimate of drug-likeness (QED) is 0.688. The lowest BCUT2D eigenvalue weighted by Gasteiger charge is -2.24. The third kappa shape index (κ3) is 4.65. The van der Waals surface area contributed by atoms with Crippen LogP contribution in [0.1, 0.15) is 45.0 Å². The number of halogens is 1. The molecule has 0 aliphatic rings. The molecule has 0 fully saturated rings. The molecule has 2 rings (SSSR count). The topological polar surface area (TPSA) is 47.7 Å². The van der Waals surface area contributed by atoms with Crippen molar-refractivity contribution in [1.29, 1.82) is 0 Å². The van der Waals surface area contributed by atoms with Crippen LogP contribution in [0.25, 0.3) is 0 Å². The highest BCUT2D eigenvalue weighted by molar-refractivity contribution is 6.31. The van der Waals surface area contributed by atoms with E-state index in [1.54, 1.807) is 6.26 Å². The van der Waals surface area contributed by atoms with Gasteiger partial charge in [0.2, 0.25) is 0 Å². The normalized spacial score (nSPS) is 12.7. The van der Waals surface area contributed by atoms with E-state index in [4.69, 9.17) is 25.6 Å². The second kappa shape index (κ2) is 8.40. The first-order chi connectivity index (χ1) is 11.4. The standard InChI is InChI=1S/C18H25ClN2O3/c1-6-22-17-9-14(15(19)10-18(17)24-12(2)3)11-21(5)13(4)16-7-8-23-20-16/h7-10,12-13H,6,11H2,1-5H3/t13-/m1/s1. The highest BCUT2D eigenvalue weighted by atomic mass is 35.5. The van der Waals surface area contributed by atoms with E-state index < -0.39 is 0 Å². The molecule has 0 N–H and O–H groups in total. The van der Waals surface area contributed by atoms with Crippen LogP contribution in [-0.2, 0) is 6.54 Å². The maximum absolute atomic E-state index is 6.46. The minimum atomic E-state index is 0.0565. The highest BCUT2D eigenvalue weighted by Gasteiger charge is 2.18. The Morgan fingerprint density at radius 1 is 1.25 bits per heavy atom. The number of ether oxygens (including phenoxy) is 2. The lowest BCUT2D eigenvalue weighted by molar-refractivity contribution is 0.222. The largest absolute Gasteiger partial charge is 0.490 e. The van der Waals surface area contributed by atoms with Crippen LogP contribution < -0.4 is 9.47 Å². The Morgan fingerprint density at radius 3 is 2.58 bits per heavy atom. The van der Waals surface area contributed by atoms with Crippen LogP contribution in [0.15, 0.2) is 29.0 Å². The average Bonchev–Trinajstić information content (AvgIpc) is 3.04. The molecule has 1 aromatic carbocycles. The summed E-state index contributed by atoms with van der Waals surface area (Å²) in [7, 11) is 2.02. The fraction of sp³-hybridized carbons (Fsp3) is 0.500. The molecule has 6 heteroatoms. The van der Waals surface area contributed by atoms with Gasteiger partial charge in [-0.1, -0.05) is 16.8 Å². The van der Waals surface area contributed by atoms with Crippen LogP contribution in [0.4, 0.5) is 0 Å². The molecule has 0 unspecified atom stereocenters. The lowest BCUT2D eigenvalue weighted by Crippen LogP contribution is -2.22. The molecule has 132 valence electrons. The lowest BCUT2D eigenvalue weighted by atomic mass is 10.1. The molecule has 1 atom stereocenters. The van der Waals surface area contributed by atoms with Gasteiger partial charge in [0.05, 0.1) is 18.8 Å². The van der Waals surface area contributed by atoms with E-state index in [0.29, 0.717) is 29.7 Å². The van der Waals surface area contributed by atoms with Crippen LogP contribution in [-0.4, -0.2) is 29.8 Å². The predicted octanol–water partition coefficient (Wildman–Crippen LogP) is 4.71. The SMILES string of the molecule is CCOc1cc(CN(C)[C@H](C)c2ccon2)c(Cl)cc1OC(C)C. The fourth-order valence-electron chi connectivity index (χ4n) is 2.38. The van der Waals surface area contributed by atoms with Crippen molar-refractivity contribution in [3.05, 3.63) is 40.7 Å². The van der Waals surface area contributed by atoms with Crippen molar-refractivity contribution in [1.82, 2.24) is 10.1 Å². The summed E-state index contributed by atoms with van der Waals surface area (Å²) in [5.74, 6) is 1.39. The van der Waals surface area contributed by atoms with Gasteiger partial charge in [-0.15, -0.1) is 0 Å². The summed E-state index contributed by atoms with van der Waals surface area (Å²) in [5.41, 5.74) is 1.87. The summed E-state index contributed by atoms with van der Waals surface area (Å²) >= 11 is 6.46. The van der Waals surface area contributed by atoms with Crippen molar-refractivity contribution in [2.45, 2.75) is 46.4 Å². The summed E-state index contributed by atoms with van der Waals surface area (Å²) in [4.78, 5) is 2.15.